The van der Waals surface area contributed by atoms with Crippen LogP contribution in [0.25, 0.3) is 10.8 Å². The molecule has 0 radical (unpaired) electrons. The van der Waals surface area contributed by atoms with E-state index in [4.69, 9.17) is 12.2 Å². The molecule has 4 aromatic rings. The average molecular weight is 369 g/mol. The molecule has 0 bridgehead atoms. The van der Waals surface area contributed by atoms with Gasteiger partial charge in [-0.25, -0.2) is 0 Å². The lowest BCUT2D eigenvalue weighted by atomic mass is 10.1. The van der Waals surface area contributed by atoms with Crippen molar-refractivity contribution in [2.45, 2.75) is 6.42 Å². The third-order valence-corrected chi connectivity index (χ3v) is 4.61. The van der Waals surface area contributed by atoms with Gasteiger partial charge in [0.15, 0.2) is 5.11 Å². The number of pyridine rings is 1. The largest absolute Gasteiger partial charge is 0.332 e. The Labute approximate surface area is 164 Å². The van der Waals surface area contributed by atoms with E-state index < -0.39 is 0 Å². The Bertz CT molecular complexity index is 1050. The Balaban J connectivity index is 1.42. The first-order valence-corrected chi connectivity index (χ1v) is 9.22. The first kappa shape index (κ1) is 17.2. The number of rotatable bonds is 4. The number of nitrogens with one attached hydrogen (secondary N) is 2. The van der Waals surface area contributed by atoms with Crippen LogP contribution in [0.3, 0.4) is 0 Å². The highest BCUT2D eigenvalue weighted by Gasteiger charge is 2.03. The van der Waals surface area contributed by atoms with Gasteiger partial charge in [0, 0.05) is 29.2 Å². The van der Waals surface area contributed by atoms with Gasteiger partial charge in [-0.3, -0.25) is 4.98 Å². The van der Waals surface area contributed by atoms with Crippen molar-refractivity contribution in [2.24, 2.45) is 0 Å². The Morgan fingerprint density at radius 3 is 2.26 bits per heavy atom. The average Bonchev–Trinajstić information content (AvgIpc) is 2.71. The first-order valence-electron chi connectivity index (χ1n) is 8.81. The summed E-state index contributed by atoms with van der Waals surface area (Å²) in [5.41, 5.74) is 4.46. The Morgan fingerprint density at radius 2 is 1.44 bits per heavy atom. The van der Waals surface area contributed by atoms with Gasteiger partial charge in [-0.05, 0) is 65.5 Å². The lowest BCUT2D eigenvalue weighted by Crippen LogP contribution is -2.19. The van der Waals surface area contributed by atoms with Crippen LogP contribution in [0.15, 0.2) is 91.3 Å². The van der Waals surface area contributed by atoms with E-state index in [1.54, 1.807) is 0 Å². The van der Waals surface area contributed by atoms with Crippen molar-refractivity contribution >= 4 is 39.5 Å². The van der Waals surface area contributed by atoms with E-state index in [2.05, 4.69) is 45.9 Å². The summed E-state index contributed by atoms with van der Waals surface area (Å²) in [6, 6.07) is 26.8. The summed E-state index contributed by atoms with van der Waals surface area (Å²) >= 11 is 5.49. The predicted molar refractivity (Wildman–Crippen MR) is 117 cm³/mol. The molecule has 132 valence electrons. The molecule has 0 aliphatic carbocycles. The third-order valence-electron chi connectivity index (χ3n) is 4.41. The van der Waals surface area contributed by atoms with Gasteiger partial charge in [-0.1, -0.05) is 48.5 Å². The minimum Gasteiger partial charge on any atom is -0.332 e. The molecule has 0 unspecified atom stereocenters. The SMILES string of the molecule is S=C(Nc1ccc(Cc2ccncc2)cc1)Nc1cccc2ccccc12. The molecule has 4 rings (SSSR count). The second-order valence-corrected chi connectivity index (χ2v) is 6.74. The topological polar surface area (TPSA) is 37.0 Å². The smallest absolute Gasteiger partial charge is 0.175 e. The quantitative estimate of drug-likeness (QED) is 0.457. The van der Waals surface area contributed by atoms with Crippen LogP contribution in [0.2, 0.25) is 0 Å². The molecule has 0 saturated carbocycles. The molecule has 0 spiro atoms. The molecule has 1 heterocycles. The molecule has 3 nitrogen and oxygen atoms in total. The molecule has 3 aromatic carbocycles. The molecule has 0 amide bonds. The molecular weight excluding hydrogens is 350 g/mol. The van der Waals surface area contributed by atoms with E-state index in [9.17, 15) is 0 Å². The summed E-state index contributed by atoms with van der Waals surface area (Å²) in [6.07, 6.45) is 4.53. The van der Waals surface area contributed by atoms with Gasteiger partial charge >= 0.3 is 0 Å². The van der Waals surface area contributed by atoms with Crippen molar-refractivity contribution in [1.82, 2.24) is 4.98 Å². The summed E-state index contributed by atoms with van der Waals surface area (Å²) in [5, 5.41) is 9.47. The van der Waals surface area contributed by atoms with Gasteiger partial charge in [-0.2, -0.15) is 0 Å². The summed E-state index contributed by atoms with van der Waals surface area (Å²) in [5.74, 6) is 0. The fourth-order valence-electron chi connectivity index (χ4n) is 3.06. The van der Waals surface area contributed by atoms with Crippen LogP contribution in [0.5, 0.6) is 0 Å². The molecule has 4 heteroatoms. The van der Waals surface area contributed by atoms with E-state index in [1.165, 1.54) is 16.5 Å². The van der Waals surface area contributed by atoms with Crippen molar-refractivity contribution in [1.29, 1.82) is 0 Å². The minimum atomic E-state index is 0.577. The monoisotopic (exact) mass is 369 g/mol. The standard InChI is InChI=1S/C23H19N3S/c27-23(26-22-7-3-5-19-4-1-2-6-21(19)22)25-20-10-8-17(9-11-20)16-18-12-14-24-15-13-18/h1-15H,16H2,(H2,25,26,27). The second kappa shape index (κ2) is 7.98. The fourth-order valence-corrected chi connectivity index (χ4v) is 3.29. The number of benzene rings is 3. The predicted octanol–water partition coefficient (Wildman–Crippen LogP) is 5.63. The van der Waals surface area contributed by atoms with Crippen molar-refractivity contribution in [3.8, 4) is 0 Å². The van der Waals surface area contributed by atoms with E-state index in [0.29, 0.717) is 5.11 Å². The highest BCUT2D eigenvalue weighted by atomic mass is 32.1. The fraction of sp³-hybridized carbons (Fsp3) is 0.0435. The number of hydrogen-bond acceptors (Lipinski definition) is 2. The number of anilines is 2. The van der Waals surface area contributed by atoms with Crippen LogP contribution in [0, 0.1) is 0 Å². The maximum absolute atomic E-state index is 5.49. The summed E-state index contributed by atoms with van der Waals surface area (Å²) in [7, 11) is 0. The van der Waals surface area contributed by atoms with Crippen LogP contribution in [-0.4, -0.2) is 10.1 Å². The Kier molecular flexibility index (Phi) is 5.08. The van der Waals surface area contributed by atoms with Crippen LogP contribution >= 0.6 is 12.2 Å². The Morgan fingerprint density at radius 1 is 0.741 bits per heavy atom. The van der Waals surface area contributed by atoms with Crippen molar-refractivity contribution in [2.75, 3.05) is 10.6 Å². The number of fused-ring (bicyclic) bond motifs is 1. The molecular formula is C23H19N3S. The third kappa shape index (κ3) is 4.30. The molecule has 0 aliphatic rings. The molecule has 0 saturated heterocycles. The van der Waals surface area contributed by atoms with E-state index in [-0.39, 0.29) is 0 Å². The zero-order valence-electron chi connectivity index (χ0n) is 14.7. The molecule has 0 fully saturated rings. The highest BCUT2D eigenvalue weighted by Crippen LogP contribution is 2.23. The van der Waals surface area contributed by atoms with Crippen LogP contribution in [-0.2, 0) is 6.42 Å². The van der Waals surface area contributed by atoms with E-state index in [0.717, 1.165) is 23.2 Å². The molecule has 27 heavy (non-hydrogen) atoms. The van der Waals surface area contributed by atoms with Gasteiger partial charge in [0.25, 0.3) is 0 Å². The molecule has 2 N–H and O–H groups in total. The van der Waals surface area contributed by atoms with Gasteiger partial charge in [0.05, 0.1) is 0 Å². The molecule has 0 atom stereocenters. The number of thiocarbonyl (C=S) groups is 1. The number of aromatic nitrogens is 1. The van der Waals surface area contributed by atoms with Crippen molar-refractivity contribution in [3.63, 3.8) is 0 Å². The minimum absolute atomic E-state index is 0.577. The number of hydrogen-bond donors (Lipinski definition) is 2. The summed E-state index contributed by atoms with van der Waals surface area (Å²) in [6.45, 7) is 0. The highest BCUT2D eigenvalue weighted by molar-refractivity contribution is 7.80. The van der Waals surface area contributed by atoms with E-state index in [1.807, 2.05) is 60.9 Å². The van der Waals surface area contributed by atoms with Crippen molar-refractivity contribution < 1.29 is 0 Å². The maximum atomic E-state index is 5.49. The maximum Gasteiger partial charge on any atom is 0.175 e. The Hall–Kier alpha value is -3.24. The summed E-state index contributed by atoms with van der Waals surface area (Å²) in [4.78, 5) is 4.06. The zero-order chi connectivity index (χ0) is 18.5. The van der Waals surface area contributed by atoms with Crippen LogP contribution in [0.1, 0.15) is 11.1 Å². The zero-order valence-corrected chi connectivity index (χ0v) is 15.5. The normalized spacial score (nSPS) is 10.5. The summed E-state index contributed by atoms with van der Waals surface area (Å²) < 4.78 is 0. The van der Waals surface area contributed by atoms with Gasteiger partial charge in [-0.15, -0.1) is 0 Å². The molecule has 1 aromatic heterocycles. The molecule has 0 aliphatic heterocycles. The number of nitrogens with zero attached hydrogens (tertiary/aromatic N) is 1. The first-order chi connectivity index (χ1) is 13.3. The van der Waals surface area contributed by atoms with E-state index >= 15 is 0 Å². The van der Waals surface area contributed by atoms with Gasteiger partial charge < -0.3 is 10.6 Å². The van der Waals surface area contributed by atoms with Crippen LogP contribution in [0.4, 0.5) is 11.4 Å². The lowest BCUT2D eigenvalue weighted by Gasteiger charge is -2.13. The second-order valence-electron chi connectivity index (χ2n) is 6.33. The van der Waals surface area contributed by atoms with Gasteiger partial charge in [0.1, 0.15) is 0 Å². The lowest BCUT2D eigenvalue weighted by molar-refractivity contribution is 1.16. The van der Waals surface area contributed by atoms with Gasteiger partial charge in [0.2, 0.25) is 0 Å². The van der Waals surface area contributed by atoms with Crippen LogP contribution < -0.4 is 10.6 Å². The van der Waals surface area contributed by atoms with Crippen molar-refractivity contribution in [3.05, 3.63) is 102 Å².